The molecule has 0 unspecified atom stereocenters. The summed E-state index contributed by atoms with van der Waals surface area (Å²) in [6, 6.07) is 13.7. The smallest absolute Gasteiger partial charge is 0.167 e. The molecule has 0 radical (unpaired) electrons. The molecule has 0 aliphatic heterocycles. The summed E-state index contributed by atoms with van der Waals surface area (Å²) < 4.78 is 2.00. The molecule has 84 valence electrons. The minimum absolute atomic E-state index is 0.739. The van der Waals surface area contributed by atoms with Crippen LogP contribution in [0.5, 0.6) is 0 Å². The summed E-state index contributed by atoms with van der Waals surface area (Å²) in [5.41, 5.74) is 1.97. The molecule has 1 aromatic carbocycles. The molecule has 17 heavy (non-hydrogen) atoms. The van der Waals surface area contributed by atoms with Crippen molar-refractivity contribution in [3.05, 3.63) is 78.1 Å². The predicted octanol–water partition coefficient (Wildman–Crippen LogP) is 3.81. The molecule has 2 rings (SSSR count). The van der Waals surface area contributed by atoms with Crippen LogP contribution in [0.4, 0.5) is 0 Å². The number of aromatic nitrogens is 1. The predicted molar refractivity (Wildman–Crippen MR) is 72.5 cm³/mol. The highest BCUT2D eigenvalue weighted by Crippen LogP contribution is 2.18. The van der Waals surface area contributed by atoms with E-state index in [1.54, 1.807) is 0 Å². The van der Waals surface area contributed by atoms with Gasteiger partial charge in [-0.25, -0.2) is 0 Å². The van der Waals surface area contributed by atoms with E-state index in [1.807, 2.05) is 71.6 Å². The number of hydrogen-bond donors (Lipinski definition) is 0. The van der Waals surface area contributed by atoms with Gasteiger partial charge in [0.05, 0.1) is 0 Å². The standard InChI is InChI=1S/C15H13ClN/c1-2-14(17-10-6-3-7-11-17)12-13-8-4-5-9-15(13)16/h2-12H,1H2/q+1/b14-12+. The maximum absolute atomic E-state index is 6.12. The van der Waals surface area contributed by atoms with Gasteiger partial charge >= 0.3 is 0 Å². The third-order valence-corrected chi connectivity index (χ3v) is 2.78. The molecule has 0 amide bonds. The zero-order valence-electron chi connectivity index (χ0n) is 9.38. The minimum atomic E-state index is 0.739. The van der Waals surface area contributed by atoms with Gasteiger partial charge in [-0.2, -0.15) is 4.57 Å². The minimum Gasteiger partial charge on any atom is -0.167 e. The molecule has 0 N–H and O–H groups in total. The molecule has 0 saturated carbocycles. The van der Waals surface area contributed by atoms with Gasteiger partial charge in [0.1, 0.15) is 0 Å². The normalized spacial score (nSPS) is 11.2. The van der Waals surface area contributed by atoms with Crippen molar-refractivity contribution in [2.24, 2.45) is 0 Å². The van der Waals surface area contributed by atoms with Crippen LogP contribution in [0.15, 0.2) is 67.5 Å². The summed E-state index contributed by atoms with van der Waals surface area (Å²) in [4.78, 5) is 0. The van der Waals surface area contributed by atoms with Gasteiger partial charge in [-0.3, -0.25) is 0 Å². The summed E-state index contributed by atoms with van der Waals surface area (Å²) in [5.74, 6) is 0. The molecule has 1 nitrogen and oxygen atoms in total. The summed E-state index contributed by atoms with van der Waals surface area (Å²) in [7, 11) is 0. The molecule has 0 aliphatic carbocycles. The SMILES string of the molecule is C=C/C(=C\c1ccccc1Cl)[n+]1ccccc1. The lowest BCUT2D eigenvalue weighted by Gasteiger charge is -1.98. The van der Waals surface area contributed by atoms with Crippen molar-refractivity contribution in [1.29, 1.82) is 0 Å². The maximum atomic E-state index is 6.12. The van der Waals surface area contributed by atoms with E-state index in [2.05, 4.69) is 6.58 Å². The van der Waals surface area contributed by atoms with Crippen molar-refractivity contribution >= 4 is 23.4 Å². The Kier molecular flexibility index (Phi) is 3.73. The topological polar surface area (TPSA) is 3.88 Å². The first-order valence-electron chi connectivity index (χ1n) is 5.36. The monoisotopic (exact) mass is 242 g/mol. The van der Waals surface area contributed by atoms with Gasteiger partial charge in [0.25, 0.3) is 0 Å². The van der Waals surface area contributed by atoms with E-state index >= 15 is 0 Å². The Labute approximate surface area is 106 Å². The highest BCUT2D eigenvalue weighted by Gasteiger charge is 2.05. The maximum Gasteiger partial charge on any atom is 0.210 e. The van der Waals surface area contributed by atoms with E-state index in [0.29, 0.717) is 0 Å². The summed E-state index contributed by atoms with van der Waals surface area (Å²) in [5, 5.41) is 0.739. The van der Waals surface area contributed by atoms with Gasteiger partial charge in [-0.1, -0.05) is 42.4 Å². The Morgan fingerprint density at radius 3 is 2.41 bits per heavy atom. The van der Waals surface area contributed by atoms with Gasteiger partial charge < -0.3 is 0 Å². The van der Waals surface area contributed by atoms with E-state index in [9.17, 15) is 0 Å². The average Bonchev–Trinajstić information content (AvgIpc) is 2.39. The third kappa shape index (κ3) is 2.83. The molecule has 0 atom stereocenters. The molecule has 0 saturated heterocycles. The van der Waals surface area contributed by atoms with E-state index in [4.69, 9.17) is 11.6 Å². The molecule has 2 aromatic rings. The Morgan fingerprint density at radius 2 is 1.76 bits per heavy atom. The number of allylic oxidation sites excluding steroid dienone is 2. The van der Waals surface area contributed by atoms with Gasteiger partial charge in [0.2, 0.25) is 5.70 Å². The Hall–Kier alpha value is -1.86. The second-order valence-electron chi connectivity index (χ2n) is 3.58. The third-order valence-electron chi connectivity index (χ3n) is 2.43. The Morgan fingerprint density at radius 1 is 1.06 bits per heavy atom. The van der Waals surface area contributed by atoms with Crippen molar-refractivity contribution in [1.82, 2.24) is 0 Å². The van der Waals surface area contributed by atoms with E-state index < -0.39 is 0 Å². The quantitative estimate of drug-likeness (QED) is 0.569. The zero-order chi connectivity index (χ0) is 12.1. The van der Waals surface area contributed by atoms with Crippen LogP contribution in [-0.4, -0.2) is 0 Å². The largest absolute Gasteiger partial charge is 0.210 e. The first-order valence-corrected chi connectivity index (χ1v) is 5.74. The van der Waals surface area contributed by atoms with Crippen molar-refractivity contribution in [3.63, 3.8) is 0 Å². The van der Waals surface area contributed by atoms with Crippen LogP contribution in [0.1, 0.15) is 5.56 Å². The van der Waals surface area contributed by atoms with Crippen LogP contribution in [0.3, 0.4) is 0 Å². The van der Waals surface area contributed by atoms with Crippen LogP contribution in [0.25, 0.3) is 11.8 Å². The molecule has 0 spiro atoms. The van der Waals surface area contributed by atoms with Crippen molar-refractivity contribution < 1.29 is 4.57 Å². The van der Waals surface area contributed by atoms with Crippen LogP contribution < -0.4 is 4.57 Å². The van der Waals surface area contributed by atoms with Crippen molar-refractivity contribution in [2.45, 2.75) is 0 Å². The zero-order valence-corrected chi connectivity index (χ0v) is 10.1. The number of halogens is 1. The Balaban J connectivity index is 2.44. The van der Waals surface area contributed by atoms with E-state index in [1.165, 1.54) is 0 Å². The van der Waals surface area contributed by atoms with Crippen LogP contribution in [0.2, 0.25) is 5.02 Å². The van der Waals surface area contributed by atoms with E-state index in [0.717, 1.165) is 16.3 Å². The molecule has 1 heterocycles. The number of nitrogens with zero attached hydrogens (tertiary/aromatic N) is 1. The van der Waals surface area contributed by atoms with Gasteiger partial charge in [-0.05, 0) is 11.6 Å². The van der Waals surface area contributed by atoms with Crippen molar-refractivity contribution in [2.75, 3.05) is 0 Å². The number of rotatable bonds is 3. The van der Waals surface area contributed by atoms with Crippen LogP contribution >= 0.6 is 11.6 Å². The highest BCUT2D eigenvalue weighted by atomic mass is 35.5. The molecular formula is C15H13ClN+. The average molecular weight is 243 g/mol. The lowest BCUT2D eigenvalue weighted by atomic mass is 10.2. The Bertz CT molecular complexity index is 544. The number of pyridine rings is 1. The first-order chi connectivity index (χ1) is 8.31. The number of hydrogen-bond acceptors (Lipinski definition) is 0. The van der Waals surface area contributed by atoms with Crippen LogP contribution in [-0.2, 0) is 0 Å². The van der Waals surface area contributed by atoms with Gasteiger partial charge in [0, 0.05) is 29.3 Å². The molecule has 1 aromatic heterocycles. The molecular weight excluding hydrogens is 230 g/mol. The fourth-order valence-electron chi connectivity index (χ4n) is 1.56. The van der Waals surface area contributed by atoms with E-state index in [-0.39, 0.29) is 0 Å². The molecule has 2 heteroatoms. The lowest BCUT2D eigenvalue weighted by Crippen LogP contribution is -2.29. The summed E-state index contributed by atoms with van der Waals surface area (Å²) in [6.07, 6.45) is 7.77. The molecule has 0 aliphatic rings. The highest BCUT2D eigenvalue weighted by molar-refractivity contribution is 6.32. The summed E-state index contributed by atoms with van der Waals surface area (Å²) >= 11 is 6.12. The fraction of sp³-hybridized carbons (Fsp3) is 0. The van der Waals surface area contributed by atoms with Gasteiger partial charge in [0.15, 0.2) is 12.4 Å². The van der Waals surface area contributed by atoms with Crippen molar-refractivity contribution in [3.8, 4) is 0 Å². The number of benzene rings is 1. The molecule has 0 bridgehead atoms. The molecule has 0 fully saturated rings. The van der Waals surface area contributed by atoms with Crippen LogP contribution in [0, 0.1) is 0 Å². The summed E-state index contributed by atoms with van der Waals surface area (Å²) in [6.45, 7) is 3.83. The first kappa shape index (κ1) is 11.6. The second-order valence-corrected chi connectivity index (χ2v) is 3.98. The fourth-order valence-corrected chi connectivity index (χ4v) is 1.75. The second kappa shape index (κ2) is 5.46. The lowest BCUT2D eigenvalue weighted by molar-refractivity contribution is -0.577. The van der Waals surface area contributed by atoms with Gasteiger partial charge in [-0.15, -0.1) is 0 Å².